The maximum absolute atomic E-state index is 9.26. The number of hydrogen-bond donors (Lipinski definition) is 2. The van der Waals surface area contributed by atoms with Crippen LogP contribution >= 0.6 is 0 Å². The van der Waals surface area contributed by atoms with Crippen LogP contribution in [0.2, 0.25) is 0 Å². The Morgan fingerprint density at radius 1 is 0.882 bits per heavy atom. The van der Waals surface area contributed by atoms with E-state index in [9.17, 15) is 5.11 Å². The summed E-state index contributed by atoms with van der Waals surface area (Å²) in [6.45, 7) is 2.10. The molecule has 0 aromatic heterocycles. The van der Waals surface area contributed by atoms with Crippen LogP contribution < -0.4 is 5.73 Å². The highest BCUT2D eigenvalue weighted by Gasteiger charge is 2.16. The van der Waals surface area contributed by atoms with E-state index in [2.05, 4.69) is 6.92 Å². The molecule has 0 fully saturated rings. The summed E-state index contributed by atoms with van der Waals surface area (Å²) in [7, 11) is 0. The molecule has 2 unspecified atom stereocenters. The third kappa shape index (κ3) is 2.66. The van der Waals surface area contributed by atoms with Gasteiger partial charge in [-0.3, -0.25) is 0 Å². The van der Waals surface area contributed by atoms with Gasteiger partial charge in [-0.05, 0) is 23.3 Å². The molecular formula is C15H17NO. The van der Waals surface area contributed by atoms with Crippen molar-refractivity contribution in [3.8, 4) is 5.75 Å². The van der Waals surface area contributed by atoms with E-state index in [0.717, 1.165) is 11.1 Å². The Bertz CT molecular complexity index is 464. The first kappa shape index (κ1) is 11.7. The summed E-state index contributed by atoms with van der Waals surface area (Å²) in [5.41, 5.74) is 8.52. The maximum Gasteiger partial charge on any atom is 0.115 e. The standard InChI is InChI=1S/C15H17NO/c1-11(12-7-9-14(17)10-8-12)15(16)13-5-3-2-4-6-13/h2-11,15,17H,16H2,1H3. The smallest absolute Gasteiger partial charge is 0.115 e. The van der Waals surface area contributed by atoms with Gasteiger partial charge in [-0.15, -0.1) is 0 Å². The van der Waals surface area contributed by atoms with Crippen LogP contribution in [-0.2, 0) is 0 Å². The van der Waals surface area contributed by atoms with Crippen LogP contribution in [0.15, 0.2) is 54.6 Å². The molecule has 2 atom stereocenters. The topological polar surface area (TPSA) is 46.2 Å². The molecule has 0 spiro atoms. The van der Waals surface area contributed by atoms with Gasteiger partial charge in [0, 0.05) is 12.0 Å². The van der Waals surface area contributed by atoms with Gasteiger partial charge in [-0.1, -0.05) is 49.4 Å². The molecule has 0 saturated heterocycles. The number of rotatable bonds is 3. The molecule has 0 aliphatic carbocycles. The summed E-state index contributed by atoms with van der Waals surface area (Å²) in [6.07, 6.45) is 0. The first-order chi connectivity index (χ1) is 8.18. The van der Waals surface area contributed by atoms with Gasteiger partial charge in [-0.2, -0.15) is 0 Å². The molecule has 88 valence electrons. The molecule has 0 bridgehead atoms. The van der Waals surface area contributed by atoms with Crippen molar-refractivity contribution in [1.82, 2.24) is 0 Å². The van der Waals surface area contributed by atoms with Crippen LogP contribution in [0.4, 0.5) is 0 Å². The second-order valence-electron chi connectivity index (χ2n) is 4.32. The molecule has 3 N–H and O–H groups in total. The van der Waals surface area contributed by atoms with Gasteiger partial charge in [0.15, 0.2) is 0 Å². The van der Waals surface area contributed by atoms with Crippen LogP contribution in [-0.4, -0.2) is 5.11 Å². The molecular weight excluding hydrogens is 210 g/mol. The van der Waals surface area contributed by atoms with Crippen molar-refractivity contribution in [3.05, 3.63) is 65.7 Å². The van der Waals surface area contributed by atoms with Crippen molar-refractivity contribution < 1.29 is 5.11 Å². The summed E-state index contributed by atoms with van der Waals surface area (Å²) in [6, 6.07) is 17.3. The Morgan fingerprint density at radius 2 is 1.47 bits per heavy atom. The predicted molar refractivity (Wildman–Crippen MR) is 69.9 cm³/mol. The monoisotopic (exact) mass is 227 g/mol. The number of phenolic OH excluding ortho intramolecular Hbond substituents is 1. The highest BCUT2D eigenvalue weighted by atomic mass is 16.3. The maximum atomic E-state index is 9.26. The van der Waals surface area contributed by atoms with Crippen molar-refractivity contribution in [3.63, 3.8) is 0 Å². The van der Waals surface area contributed by atoms with Crippen LogP contribution in [0.1, 0.15) is 30.0 Å². The normalized spacial score (nSPS) is 14.2. The van der Waals surface area contributed by atoms with E-state index in [1.54, 1.807) is 12.1 Å². The summed E-state index contributed by atoms with van der Waals surface area (Å²) in [5.74, 6) is 0.507. The van der Waals surface area contributed by atoms with Gasteiger partial charge in [0.25, 0.3) is 0 Å². The molecule has 2 rings (SSSR count). The molecule has 0 aliphatic heterocycles. The average Bonchev–Trinajstić information content (AvgIpc) is 2.39. The van der Waals surface area contributed by atoms with Gasteiger partial charge in [0.1, 0.15) is 5.75 Å². The lowest BCUT2D eigenvalue weighted by molar-refractivity contribution is 0.474. The van der Waals surface area contributed by atoms with Gasteiger partial charge >= 0.3 is 0 Å². The lowest BCUT2D eigenvalue weighted by atomic mass is 9.89. The Hall–Kier alpha value is -1.80. The lowest BCUT2D eigenvalue weighted by Gasteiger charge is -2.20. The molecule has 2 aromatic rings. The van der Waals surface area contributed by atoms with Crippen LogP contribution in [0, 0.1) is 0 Å². The Kier molecular flexibility index (Phi) is 3.45. The molecule has 0 radical (unpaired) electrons. The minimum atomic E-state index is -0.0271. The predicted octanol–water partition coefficient (Wildman–Crippen LogP) is 3.20. The number of nitrogens with two attached hydrogens (primary N) is 1. The molecule has 2 nitrogen and oxygen atoms in total. The van der Waals surface area contributed by atoms with Gasteiger partial charge < -0.3 is 10.8 Å². The van der Waals surface area contributed by atoms with Crippen LogP contribution in [0.3, 0.4) is 0 Å². The van der Waals surface area contributed by atoms with Crippen molar-refractivity contribution in [2.75, 3.05) is 0 Å². The van der Waals surface area contributed by atoms with Crippen LogP contribution in [0.25, 0.3) is 0 Å². The fraction of sp³-hybridized carbons (Fsp3) is 0.200. The first-order valence-electron chi connectivity index (χ1n) is 5.78. The summed E-state index contributed by atoms with van der Waals surface area (Å²) in [5, 5.41) is 9.26. The minimum Gasteiger partial charge on any atom is -0.508 e. The number of benzene rings is 2. The fourth-order valence-corrected chi connectivity index (χ4v) is 1.95. The molecule has 0 heterocycles. The van der Waals surface area contributed by atoms with Gasteiger partial charge in [-0.25, -0.2) is 0 Å². The van der Waals surface area contributed by atoms with Gasteiger partial charge in [0.2, 0.25) is 0 Å². The zero-order valence-corrected chi connectivity index (χ0v) is 9.88. The minimum absolute atomic E-state index is 0.0271. The van der Waals surface area contributed by atoms with Crippen molar-refractivity contribution >= 4 is 0 Å². The lowest BCUT2D eigenvalue weighted by Crippen LogP contribution is -2.17. The summed E-state index contributed by atoms with van der Waals surface area (Å²) < 4.78 is 0. The van der Waals surface area contributed by atoms with E-state index >= 15 is 0 Å². The largest absolute Gasteiger partial charge is 0.508 e. The molecule has 0 aliphatic rings. The van der Waals surface area contributed by atoms with Crippen molar-refractivity contribution in [2.45, 2.75) is 18.9 Å². The zero-order valence-electron chi connectivity index (χ0n) is 9.88. The molecule has 0 saturated carbocycles. The van der Waals surface area contributed by atoms with Crippen molar-refractivity contribution in [1.29, 1.82) is 0 Å². The van der Waals surface area contributed by atoms with E-state index in [-0.39, 0.29) is 17.7 Å². The summed E-state index contributed by atoms with van der Waals surface area (Å²) >= 11 is 0. The first-order valence-corrected chi connectivity index (χ1v) is 5.78. The second kappa shape index (κ2) is 5.02. The highest BCUT2D eigenvalue weighted by molar-refractivity contribution is 5.31. The third-order valence-electron chi connectivity index (χ3n) is 3.14. The van der Waals surface area contributed by atoms with E-state index in [1.807, 2.05) is 42.5 Å². The molecule has 17 heavy (non-hydrogen) atoms. The number of phenols is 1. The fourth-order valence-electron chi connectivity index (χ4n) is 1.95. The average molecular weight is 227 g/mol. The Morgan fingerprint density at radius 3 is 2.06 bits per heavy atom. The van der Waals surface area contributed by atoms with Gasteiger partial charge in [0.05, 0.1) is 0 Å². The van der Waals surface area contributed by atoms with E-state index in [1.165, 1.54) is 0 Å². The Balaban J connectivity index is 2.20. The zero-order chi connectivity index (χ0) is 12.3. The molecule has 0 amide bonds. The van der Waals surface area contributed by atoms with E-state index in [4.69, 9.17) is 5.73 Å². The number of hydrogen-bond acceptors (Lipinski definition) is 2. The third-order valence-corrected chi connectivity index (χ3v) is 3.14. The quantitative estimate of drug-likeness (QED) is 0.845. The molecule has 2 aromatic carbocycles. The Labute approximate surface area is 102 Å². The second-order valence-corrected chi connectivity index (χ2v) is 4.32. The number of aromatic hydroxyl groups is 1. The van der Waals surface area contributed by atoms with E-state index < -0.39 is 0 Å². The van der Waals surface area contributed by atoms with Crippen LogP contribution in [0.5, 0.6) is 5.75 Å². The highest BCUT2D eigenvalue weighted by Crippen LogP contribution is 2.29. The van der Waals surface area contributed by atoms with Crippen molar-refractivity contribution in [2.24, 2.45) is 5.73 Å². The SMILES string of the molecule is CC(c1ccc(O)cc1)C(N)c1ccccc1. The molecule has 2 heteroatoms. The van der Waals surface area contributed by atoms with E-state index in [0.29, 0.717) is 0 Å². The summed E-state index contributed by atoms with van der Waals surface area (Å²) in [4.78, 5) is 0.